The lowest BCUT2D eigenvalue weighted by Gasteiger charge is -2.11. The number of benzene rings is 2. The molecule has 138 valence electrons. The fourth-order valence-corrected chi connectivity index (χ4v) is 2.66. The molecule has 0 unspecified atom stereocenters. The monoisotopic (exact) mass is 353 g/mol. The van der Waals surface area contributed by atoms with Gasteiger partial charge in [0, 0.05) is 13.1 Å². The molecular formula is C21H27N3O2. The normalized spacial score (nSPS) is 10.4. The maximum atomic E-state index is 12.4. The third-order valence-corrected chi connectivity index (χ3v) is 4.08. The summed E-state index contributed by atoms with van der Waals surface area (Å²) in [6, 6.07) is 15.1. The summed E-state index contributed by atoms with van der Waals surface area (Å²) >= 11 is 0. The second-order valence-corrected chi connectivity index (χ2v) is 6.24. The van der Waals surface area contributed by atoms with Crippen molar-refractivity contribution in [2.24, 2.45) is 5.73 Å². The number of amides is 2. The lowest BCUT2D eigenvalue weighted by molar-refractivity contribution is -0.115. The number of nitrogens with one attached hydrogen (secondary N) is 2. The lowest BCUT2D eigenvalue weighted by atomic mass is 10.0. The molecule has 0 aromatic heterocycles. The zero-order valence-electron chi connectivity index (χ0n) is 15.3. The van der Waals surface area contributed by atoms with Gasteiger partial charge in [0.25, 0.3) is 5.91 Å². The average Bonchev–Trinajstić information content (AvgIpc) is 2.66. The Labute approximate surface area is 155 Å². The van der Waals surface area contributed by atoms with Crippen LogP contribution in [-0.2, 0) is 17.6 Å². The first-order valence-corrected chi connectivity index (χ1v) is 9.09. The molecule has 0 aliphatic rings. The van der Waals surface area contributed by atoms with Crippen molar-refractivity contribution in [2.75, 3.05) is 18.4 Å². The van der Waals surface area contributed by atoms with Gasteiger partial charge in [-0.15, -0.1) is 0 Å². The van der Waals surface area contributed by atoms with E-state index in [2.05, 4.69) is 29.7 Å². The summed E-state index contributed by atoms with van der Waals surface area (Å²) < 4.78 is 0. The molecular weight excluding hydrogens is 326 g/mol. The van der Waals surface area contributed by atoms with Crippen molar-refractivity contribution in [3.05, 3.63) is 65.2 Å². The summed E-state index contributed by atoms with van der Waals surface area (Å²) in [6.07, 6.45) is 3.67. The molecule has 2 rings (SSSR count). The van der Waals surface area contributed by atoms with E-state index in [0.717, 1.165) is 12.0 Å². The Bertz CT molecular complexity index is 726. The Kier molecular flexibility index (Phi) is 7.83. The maximum absolute atomic E-state index is 12.4. The summed E-state index contributed by atoms with van der Waals surface area (Å²) in [5, 5.41) is 5.55. The van der Waals surface area contributed by atoms with Gasteiger partial charge in [-0.2, -0.15) is 0 Å². The summed E-state index contributed by atoms with van der Waals surface area (Å²) in [5.74, 6) is -0.392. The number of anilines is 1. The highest BCUT2D eigenvalue weighted by Crippen LogP contribution is 2.16. The lowest BCUT2D eigenvalue weighted by Crippen LogP contribution is -2.30. The predicted octanol–water partition coefficient (Wildman–Crippen LogP) is 2.90. The van der Waals surface area contributed by atoms with Gasteiger partial charge in [-0.1, -0.05) is 49.7 Å². The van der Waals surface area contributed by atoms with E-state index in [-0.39, 0.29) is 18.2 Å². The van der Waals surface area contributed by atoms with Crippen LogP contribution < -0.4 is 16.4 Å². The van der Waals surface area contributed by atoms with Gasteiger partial charge in [-0.05, 0) is 36.1 Å². The molecule has 0 atom stereocenters. The van der Waals surface area contributed by atoms with E-state index in [1.54, 1.807) is 24.3 Å². The quantitative estimate of drug-likeness (QED) is 0.648. The van der Waals surface area contributed by atoms with E-state index < -0.39 is 0 Å². The van der Waals surface area contributed by atoms with Crippen LogP contribution >= 0.6 is 0 Å². The molecule has 5 heteroatoms. The fourth-order valence-electron chi connectivity index (χ4n) is 2.66. The Morgan fingerprint density at radius 3 is 2.38 bits per heavy atom. The van der Waals surface area contributed by atoms with Crippen molar-refractivity contribution in [3.8, 4) is 0 Å². The van der Waals surface area contributed by atoms with Crippen LogP contribution in [-0.4, -0.2) is 24.9 Å². The number of nitrogens with two attached hydrogens (primary N) is 1. The molecule has 0 heterocycles. The van der Waals surface area contributed by atoms with Gasteiger partial charge in [0.2, 0.25) is 5.91 Å². The van der Waals surface area contributed by atoms with Gasteiger partial charge in [0.1, 0.15) is 0 Å². The van der Waals surface area contributed by atoms with Gasteiger partial charge < -0.3 is 16.4 Å². The van der Waals surface area contributed by atoms with Crippen molar-refractivity contribution < 1.29 is 9.59 Å². The molecule has 0 spiro atoms. The summed E-state index contributed by atoms with van der Waals surface area (Å²) in [4.78, 5) is 24.5. The van der Waals surface area contributed by atoms with Crippen LogP contribution in [0.4, 0.5) is 5.69 Å². The number of aryl methyl sites for hydroxylation is 1. The van der Waals surface area contributed by atoms with Crippen LogP contribution in [0.2, 0.25) is 0 Å². The van der Waals surface area contributed by atoms with Crippen LogP contribution in [0.1, 0.15) is 41.3 Å². The van der Waals surface area contributed by atoms with E-state index in [1.165, 1.54) is 18.4 Å². The van der Waals surface area contributed by atoms with Crippen LogP contribution in [0.5, 0.6) is 0 Å². The van der Waals surface area contributed by atoms with Crippen LogP contribution in [0, 0.1) is 0 Å². The first-order chi connectivity index (χ1) is 12.6. The average molecular weight is 353 g/mol. The number of rotatable bonds is 9. The smallest absolute Gasteiger partial charge is 0.253 e. The van der Waals surface area contributed by atoms with Crippen molar-refractivity contribution in [1.29, 1.82) is 0 Å². The minimum absolute atomic E-state index is 0.148. The molecule has 0 saturated heterocycles. The largest absolute Gasteiger partial charge is 0.351 e. The predicted molar refractivity (Wildman–Crippen MR) is 105 cm³/mol. The molecule has 5 nitrogen and oxygen atoms in total. The van der Waals surface area contributed by atoms with Crippen molar-refractivity contribution in [3.63, 3.8) is 0 Å². The molecule has 4 N–H and O–H groups in total. The molecule has 0 fully saturated rings. The van der Waals surface area contributed by atoms with E-state index in [0.29, 0.717) is 24.3 Å². The summed E-state index contributed by atoms with van der Waals surface area (Å²) in [7, 11) is 0. The van der Waals surface area contributed by atoms with Crippen LogP contribution in [0.15, 0.2) is 48.5 Å². The van der Waals surface area contributed by atoms with Crippen LogP contribution in [0.3, 0.4) is 0 Å². The molecule has 26 heavy (non-hydrogen) atoms. The number of hydrogen-bond acceptors (Lipinski definition) is 3. The number of carbonyl (C=O) groups is 2. The topological polar surface area (TPSA) is 84.2 Å². The minimum atomic E-state index is -0.244. The van der Waals surface area contributed by atoms with Gasteiger partial charge in [0.15, 0.2) is 0 Å². The Morgan fingerprint density at radius 2 is 1.69 bits per heavy atom. The highest BCUT2D eigenvalue weighted by Gasteiger charge is 2.12. The molecule has 2 aromatic rings. The second kappa shape index (κ2) is 10.4. The number of unbranched alkanes of at least 4 members (excludes halogenated alkanes) is 1. The molecule has 0 saturated carbocycles. The van der Waals surface area contributed by atoms with Crippen molar-refractivity contribution in [2.45, 2.75) is 32.6 Å². The van der Waals surface area contributed by atoms with Crippen LogP contribution in [0.25, 0.3) is 0 Å². The van der Waals surface area contributed by atoms with Gasteiger partial charge in [-0.25, -0.2) is 0 Å². The second-order valence-electron chi connectivity index (χ2n) is 6.24. The highest BCUT2D eigenvalue weighted by molar-refractivity contribution is 6.04. The summed E-state index contributed by atoms with van der Waals surface area (Å²) in [5.41, 5.74) is 8.59. The number of para-hydroxylation sites is 1. The third-order valence-electron chi connectivity index (χ3n) is 4.08. The standard InChI is InChI=1S/C21H27N3O2/c1-2-3-6-16-9-11-17(12-10-16)15-20(25)24-19-8-5-4-7-18(19)21(26)23-14-13-22/h4-5,7-12H,2-3,6,13-15,22H2,1H3,(H,23,26)(H,24,25). The van der Waals surface area contributed by atoms with E-state index in [4.69, 9.17) is 5.73 Å². The zero-order chi connectivity index (χ0) is 18.8. The van der Waals surface area contributed by atoms with Gasteiger partial charge >= 0.3 is 0 Å². The van der Waals surface area contributed by atoms with E-state index in [1.807, 2.05) is 12.1 Å². The SMILES string of the molecule is CCCCc1ccc(CC(=O)Nc2ccccc2C(=O)NCCN)cc1. The minimum Gasteiger partial charge on any atom is -0.351 e. The molecule has 0 aliphatic heterocycles. The first kappa shape index (κ1) is 19.7. The molecule has 0 bridgehead atoms. The molecule has 2 aromatic carbocycles. The number of hydrogen-bond donors (Lipinski definition) is 3. The first-order valence-electron chi connectivity index (χ1n) is 9.09. The molecule has 0 aliphatic carbocycles. The highest BCUT2D eigenvalue weighted by atomic mass is 16.2. The van der Waals surface area contributed by atoms with Crippen molar-refractivity contribution in [1.82, 2.24) is 5.32 Å². The van der Waals surface area contributed by atoms with E-state index >= 15 is 0 Å². The van der Waals surface area contributed by atoms with Gasteiger partial charge in [0.05, 0.1) is 17.7 Å². The van der Waals surface area contributed by atoms with E-state index in [9.17, 15) is 9.59 Å². The molecule has 2 amide bonds. The molecule has 0 radical (unpaired) electrons. The van der Waals surface area contributed by atoms with Crippen molar-refractivity contribution >= 4 is 17.5 Å². The Hall–Kier alpha value is -2.66. The Balaban J connectivity index is 1.98. The number of carbonyl (C=O) groups excluding carboxylic acids is 2. The third kappa shape index (κ3) is 6.01. The fraction of sp³-hybridized carbons (Fsp3) is 0.333. The maximum Gasteiger partial charge on any atom is 0.253 e. The van der Waals surface area contributed by atoms with Gasteiger partial charge in [-0.3, -0.25) is 9.59 Å². The summed E-state index contributed by atoms with van der Waals surface area (Å²) in [6.45, 7) is 2.94. The Morgan fingerprint density at radius 1 is 1.00 bits per heavy atom. The zero-order valence-corrected chi connectivity index (χ0v) is 15.3.